The quantitative estimate of drug-likeness (QED) is 0.629. The molecule has 1 aromatic heterocycles. The summed E-state index contributed by atoms with van der Waals surface area (Å²) in [5, 5.41) is 0.225. The van der Waals surface area contributed by atoms with Crippen LogP contribution in [0.4, 0.5) is 0 Å². The predicted molar refractivity (Wildman–Crippen MR) is 70.4 cm³/mol. The van der Waals surface area contributed by atoms with Gasteiger partial charge in [0.2, 0.25) is 0 Å². The fourth-order valence-corrected chi connectivity index (χ4v) is 1.90. The lowest BCUT2D eigenvalue weighted by atomic mass is 10.0. The summed E-state index contributed by atoms with van der Waals surface area (Å²) in [7, 11) is 1.56. The smallest absolute Gasteiger partial charge is 0.196 e. The van der Waals surface area contributed by atoms with Gasteiger partial charge in [-0.3, -0.25) is 4.79 Å². The van der Waals surface area contributed by atoms with Gasteiger partial charge in [-0.15, -0.1) is 0 Å². The third-order valence-corrected chi connectivity index (χ3v) is 2.85. The van der Waals surface area contributed by atoms with Gasteiger partial charge in [-0.1, -0.05) is 23.7 Å². The minimum absolute atomic E-state index is 0.161. The molecule has 0 radical (unpaired) electrons. The highest BCUT2D eigenvalue weighted by Crippen LogP contribution is 2.20. The first-order valence-electron chi connectivity index (χ1n) is 5.43. The van der Waals surface area contributed by atoms with E-state index in [1.54, 1.807) is 43.5 Å². The second-order valence-corrected chi connectivity index (χ2v) is 4.21. The van der Waals surface area contributed by atoms with Crippen molar-refractivity contribution in [2.45, 2.75) is 6.92 Å². The lowest BCUT2D eigenvalue weighted by molar-refractivity contribution is 0.103. The zero-order valence-electron chi connectivity index (χ0n) is 10.1. The minimum atomic E-state index is -0.161. The van der Waals surface area contributed by atoms with E-state index in [0.717, 1.165) is 5.69 Å². The number of hydrogen-bond acceptors (Lipinski definition) is 3. The molecule has 1 heterocycles. The molecule has 0 aliphatic heterocycles. The lowest BCUT2D eigenvalue weighted by Gasteiger charge is -2.05. The molecular formula is C14H12ClNO2. The fraction of sp³-hybridized carbons (Fsp3) is 0.143. The van der Waals surface area contributed by atoms with Crippen LogP contribution in [0.5, 0.6) is 5.75 Å². The highest BCUT2D eigenvalue weighted by atomic mass is 35.5. The Hall–Kier alpha value is -1.87. The molecule has 92 valence electrons. The number of hydrogen-bond donors (Lipinski definition) is 0. The van der Waals surface area contributed by atoms with Crippen molar-refractivity contribution in [1.82, 2.24) is 4.98 Å². The maximum Gasteiger partial charge on any atom is 0.196 e. The summed E-state index contributed by atoms with van der Waals surface area (Å²) in [6.45, 7) is 1.83. The van der Waals surface area contributed by atoms with Crippen molar-refractivity contribution in [2.75, 3.05) is 7.11 Å². The number of carbonyl (C=O) groups is 1. The summed E-state index contributed by atoms with van der Waals surface area (Å²) in [5.74, 6) is 0.475. The average Bonchev–Trinajstić information content (AvgIpc) is 2.38. The van der Waals surface area contributed by atoms with Crippen LogP contribution in [0, 0.1) is 6.92 Å². The highest BCUT2D eigenvalue weighted by molar-refractivity contribution is 6.33. The molecular weight excluding hydrogens is 250 g/mol. The zero-order chi connectivity index (χ0) is 13.1. The molecule has 0 amide bonds. The molecule has 3 nitrogen and oxygen atoms in total. The van der Waals surface area contributed by atoms with Gasteiger partial charge in [0.05, 0.1) is 12.7 Å². The number of nitrogens with zero attached hydrogens (tertiary/aromatic N) is 1. The van der Waals surface area contributed by atoms with Crippen LogP contribution in [0.3, 0.4) is 0 Å². The molecule has 0 N–H and O–H groups in total. The van der Waals surface area contributed by atoms with E-state index in [2.05, 4.69) is 4.98 Å². The van der Waals surface area contributed by atoms with Gasteiger partial charge in [-0.05, 0) is 31.2 Å². The zero-order valence-corrected chi connectivity index (χ0v) is 10.9. The van der Waals surface area contributed by atoms with Crippen molar-refractivity contribution >= 4 is 17.4 Å². The van der Waals surface area contributed by atoms with Crippen molar-refractivity contribution in [3.8, 4) is 5.75 Å². The first-order valence-corrected chi connectivity index (χ1v) is 5.81. The molecule has 18 heavy (non-hydrogen) atoms. The predicted octanol–water partition coefficient (Wildman–Crippen LogP) is 3.28. The van der Waals surface area contributed by atoms with Crippen LogP contribution in [-0.4, -0.2) is 17.9 Å². The van der Waals surface area contributed by atoms with Crippen LogP contribution in [0.25, 0.3) is 0 Å². The minimum Gasteiger partial charge on any atom is -0.497 e. The summed E-state index contributed by atoms with van der Waals surface area (Å²) in [6.07, 6.45) is 0. The van der Waals surface area contributed by atoms with Gasteiger partial charge in [-0.25, -0.2) is 4.98 Å². The van der Waals surface area contributed by atoms with Crippen LogP contribution in [0.15, 0.2) is 36.4 Å². The Morgan fingerprint density at radius 1 is 1.28 bits per heavy atom. The second-order valence-electron chi connectivity index (χ2n) is 3.85. The Balaban J connectivity index is 2.41. The van der Waals surface area contributed by atoms with Gasteiger partial charge >= 0.3 is 0 Å². The molecule has 1 aromatic carbocycles. The molecule has 0 unspecified atom stereocenters. The Bertz CT molecular complexity index is 596. The molecule has 0 aliphatic rings. The summed E-state index contributed by atoms with van der Waals surface area (Å²) in [6, 6.07) is 10.4. The SMILES string of the molecule is COc1cccc(C(=O)c2ccc(C)nc2Cl)c1. The van der Waals surface area contributed by atoms with E-state index in [0.29, 0.717) is 16.9 Å². The normalized spacial score (nSPS) is 10.2. The van der Waals surface area contributed by atoms with Crippen LogP contribution >= 0.6 is 11.6 Å². The van der Waals surface area contributed by atoms with E-state index in [9.17, 15) is 4.79 Å². The number of aromatic nitrogens is 1. The van der Waals surface area contributed by atoms with E-state index in [1.807, 2.05) is 6.92 Å². The first kappa shape index (κ1) is 12.6. The molecule has 2 aromatic rings. The summed E-state index contributed by atoms with van der Waals surface area (Å²) in [5.41, 5.74) is 1.71. The van der Waals surface area contributed by atoms with Gasteiger partial charge in [0.25, 0.3) is 0 Å². The molecule has 0 aliphatic carbocycles. The van der Waals surface area contributed by atoms with E-state index in [-0.39, 0.29) is 10.9 Å². The van der Waals surface area contributed by atoms with Crippen molar-refractivity contribution in [3.63, 3.8) is 0 Å². The standard InChI is InChI=1S/C14H12ClNO2/c1-9-6-7-12(14(15)16-9)13(17)10-4-3-5-11(8-10)18-2/h3-8H,1-2H3. The topological polar surface area (TPSA) is 39.2 Å². The molecule has 4 heteroatoms. The Morgan fingerprint density at radius 3 is 2.72 bits per heavy atom. The number of halogens is 1. The Kier molecular flexibility index (Phi) is 3.63. The van der Waals surface area contributed by atoms with Gasteiger partial charge in [0.15, 0.2) is 5.78 Å². The maximum atomic E-state index is 12.3. The summed E-state index contributed by atoms with van der Waals surface area (Å²) < 4.78 is 5.09. The number of pyridine rings is 1. The van der Waals surface area contributed by atoms with Crippen LogP contribution in [0.2, 0.25) is 5.15 Å². The maximum absolute atomic E-state index is 12.3. The van der Waals surface area contributed by atoms with Crippen LogP contribution in [0.1, 0.15) is 21.6 Å². The van der Waals surface area contributed by atoms with Crippen LogP contribution < -0.4 is 4.74 Å². The number of benzene rings is 1. The van der Waals surface area contributed by atoms with E-state index >= 15 is 0 Å². The molecule has 0 fully saturated rings. The number of carbonyl (C=O) groups excluding carboxylic acids is 1. The van der Waals surface area contributed by atoms with E-state index < -0.39 is 0 Å². The monoisotopic (exact) mass is 261 g/mol. The van der Waals surface area contributed by atoms with E-state index in [1.165, 1.54) is 0 Å². The number of methoxy groups -OCH3 is 1. The Morgan fingerprint density at radius 2 is 2.06 bits per heavy atom. The fourth-order valence-electron chi connectivity index (χ4n) is 1.61. The first-order chi connectivity index (χ1) is 8.61. The summed E-state index contributed by atoms with van der Waals surface area (Å²) >= 11 is 5.98. The molecule has 2 rings (SSSR count). The van der Waals surface area contributed by atoms with Gasteiger partial charge in [-0.2, -0.15) is 0 Å². The van der Waals surface area contributed by atoms with Gasteiger partial charge in [0, 0.05) is 11.3 Å². The number of ketones is 1. The van der Waals surface area contributed by atoms with E-state index in [4.69, 9.17) is 16.3 Å². The largest absolute Gasteiger partial charge is 0.497 e. The Labute approximate surface area is 110 Å². The van der Waals surface area contributed by atoms with Crippen molar-refractivity contribution in [3.05, 3.63) is 58.4 Å². The molecule has 0 atom stereocenters. The van der Waals surface area contributed by atoms with Crippen molar-refractivity contribution in [1.29, 1.82) is 0 Å². The van der Waals surface area contributed by atoms with Crippen molar-refractivity contribution in [2.24, 2.45) is 0 Å². The summed E-state index contributed by atoms with van der Waals surface area (Å²) in [4.78, 5) is 16.3. The number of rotatable bonds is 3. The van der Waals surface area contributed by atoms with Crippen molar-refractivity contribution < 1.29 is 9.53 Å². The lowest BCUT2D eigenvalue weighted by Crippen LogP contribution is -2.04. The average molecular weight is 262 g/mol. The van der Waals surface area contributed by atoms with Gasteiger partial charge < -0.3 is 4.74 Å². The third kappa shape index (κ3) is 2.51. The molecule has 0 saturated heterocycles. The molecule has 0 spiro atoms. The third-order valence-electron chi connectivity index (χ3n) is 2.56. The van der Waals surface area contributed by atoms with Crippen LogP contribution in [-0.2, 0) is 0 Å². The van der Waals surface area contributed by atoms with Gasteiger partial charge in [0.1, 0.15) is 10.9 Å². The number of aryl methyl sites for hydroxylation is 1. The second kappa shape index (κ2) is 5.19. The molecule has 0 saturated carbocycles. The highest BCUT2D eigenvalue weighted by Gasteiger charge is 2.14. The molecule has 0 bridgehead atoms. The number of ether oxygens (including phenoxy) is 1.